The molecular formula is C15H23N3O. The molecular weight excluding hydrogens is 238 g/mol. The Morgan fingerprint density at radius 3 is 2.63 bits per heavy atom. The zero-order valence-corrected chi connectivity index (χ0v) is 11.7. The lowest BCUT2D eigenvalue weighted by Gasteiger charge is -2.41. The number of piperazine rings is 1. The maximum Gasteiger partial charge on any atom is 0.240 e. The largest absolute Gasteiger partial charge is 0.333 e. The molecule has 1 aliphatic rings. The van der Waals surface area contributed by atoms with E-state index < -0.39 is 0 Å². The maximum atomic E-state index is 12.6. The predicted octanol–water partition coefficient (Wildman–Crippen LogP) is 1.24. The van der Waals surface area contributed by atoms with Crippen molar-refractivity contribution in [3.8, 4) is 0 Å². The first-order valence-corrected chi connectivity index (χ1v) is 6.91. The van der Waals surface area contributed by atoms with Crippen molar-refractivity contribution in [3.05, 3.63) is 35.9 Å². The fourth-order valence-corrected chi connectivity index (χ4v) is 2.71. The van der Waals surface area contributed by atoms with E-state index in [2.05, 4.69) is 24.0 Å². The molecule has 4 heteroatoms. The zero-order valence-electron chi connectivity index (χ0n) is 11.7. The van der Waals surface area contributed by atoms with Crippen LogP contribution in [0, 0.1) is 0 Å². The average molecular weight is 261 g/mol. The van der Waals surface area contributed by atoms with E-state index in [1.807, 2.05) is 30.1 Å². The van der Waals surface area contributed by atoms with Gasteiger partial charge in [-0.2, -0.15) is 0 Å². The molecule has 1 amide bonds. The molecule has 1 aromatic rings. The van der Waals surface area contributed by atoms with Crippen LogP contribution in [0.3, 0.4) is 0 Å². The Balaban J connectivity index is 2.14. The number of hydrogen-bond acceptors (Lipinski definition) is 3. The number of nitrogens with two attached hydrogens (primary N) is 1. The van der Waals surface area contributed by atoms with Gasteiger partial charge < -0.3 is 10.6 Å². The van der Waals surface area contributed by atoms with E-state index in [-0.39, 0.29) is 18.0 Å². The van der Waals surface area contributed by atoms with E-state index in [4.69, 9.17) is 5.73 Å². The lowest BCUT2D eigenvalue weighted by atomic mass is 10.0. The van der Waals surface area contributed by atoms with Crippen LogP contribution in [0.25, 0.3) is 0 Å². The zero-order chi connectivity index (χ0) is 13.8. The van der Waals surface area contributed by atoms with Gasteiger partial charge in [0.1, 0.15) is 0 Å². The normalized spacial score (nSPS) is 22.6. The smallest absolute Gasteiger partial charge is 0.240 e. The van der Waals surface area contributed by atoms with E-state index in [0.717, 1.165) is 19.5 Å². The highest BCUT2D eigenvalue weighted by Gasteiger charge is 2.34. The SMILES string of the molecule is CC(c1ccccc1)N1CCN(C)C(CCN)C1=O. The summed E-state index contributed by atoms with van der Waals surface area (Å²) >= 11 is 0. The topological polar surface area (TPSA) is 49.6 Å². The molecule has 19 heavy (non-hydrogen) atoms. The quantitative estimate of drug-likeness (QED) is 0.887. The van der Waals surface area contributed by atoms with E-state index in [0.29, 0.717) is 6.54 Å². The average Bonchev–Trinajstić information content (AvgIpc) is 2.44. The van der Waals surface area contributed by atoms with Crippen LogP contribution < -0.4 is 5.73 Å². The summed E-state index contributed by atoms with van der Waals surface area (Å²) in [6, 6.07) is 10.3. The summed E-state index contributed by atoms with van der Waals surface area (Å²) < 4.78 is 0. The molecule has 1 aromatic carbocycles. The monoisotopic (exact) mass is 261 g/mol. The molecule has 0 bridgehead atoms. The minimum absolute atomic E-state index is 0.0649. The van der Waals surface area contributed by atoms with Crippen LogP contribution in [0.4, 0.5) is 0 Å². The highest BCUT2D eigenvalue weighted by molar-refractivity contribution is 5.83. The molecule has 0 aliphatic carbocycles. The van der Waals surface area contributed by atoms with Crippen molar-refractivity contribution in [1.82, 2.24) is 9.80 Å². The van der Waals surface area contributed by atoms with Crippen molar-refractivity contribution in [2.75, 3.05) is 26.7 Å². The van der Waals surface area contributed by atoms with Gasteiger partial charge in [-0.15, -0.1) is 0 Å². The number of rotatable bonds is 4. The first kappa shape index (κ1) is 14.0. The number of carbonyl (C=O) groups excluding carboxylic acids is 1. The summed E-state index contributed by atoms with van der Waals surface area (Å²) in [5.41, 5.74) is 6.81. The predicted molar refractivity (Wildman–Crippen MR) is 76.7 cm³/mol. The van der Waals surface area contributed by atoms with Crippen molar-refractivity contribution in [2.24, 2.45) is 5.73 Å². The Kier molecular flexibility index (Phi) is 4.56. The maximum absolute atomic E-state index is 12.6. The number of nitrogens with zero attached hydrogens (tertiary/aromatic N) is 2. The molecule has 1 saturated heterocycles. The molecule has 0 saturated carbocycles. The Bertz CT molecular complexity index is 421. The van der Waals surface area contributed by atoms with Gasteiger partial charge in [-0.3, -0.25) is 9.69 Å². The number of carbonyl (C=O) groups is 1. The van der Waals surface area contributed by atoms with Crippen LogP contribution in [0.5, 0.6) is 0 Å². The summed E-state index contributed by atoms with van der Waals surface area (Å²) in [5, 5.41) is 0. The Labute approximate surface area is 115 Å². The third-order valence-electron chi connectivity index (χ3n) is 3.98. The van der Waals surface area contributed by atoms with Gasteiger partial charge in [-0.05, 0) is 32.5 Å². The van der Waals surface area contributed by atoms with E-state index >= 15 is 0 Å². The van der Waals surface area contributed by atoms with E-state index in [1.165, 1.54) is 5.56 Å². The van der Waals surface area contributed by atoms with E-state index in [1.54, 1.807) is 0 Å². The van der Waals surface area contributed by atoms with Gasteiger partial charge in [0.05, 0.1) is 12.1 Å². The standard InChI is InChI=1S/C15H23N3O/c1-12(13-6-4-3-5-7-13)18-11-10-17(2)14(8-9-16)15(18)19/h3-7,12,14H,8-11,16H2,1-2H3. The lowest BCUT2D eigenvalue weighted by molar-refractivity contribution is -0.143. The number of amides is 1. The summed E-state index contributed by atoms with van der Waals surface area (Å²) in [6.45, 7) is 4.34. The minimum Gasteiger partial charge on any atom is -0.333 e. The van der Waals surface area contributed by atoms with Crippen LogP contribution in [-0.2, 0) is 4.79 Å². The summed E-state index contributed by atoms with van der Waals surface area (Å²) in [4.78, 5) is 16.7. The van der Waals surface area contributed by atoms with Crippen LogP contribution in [0.15, 0.2) is 30.3 Å². The molecule has 1 aliphatic heterocycles. The highest BCUT2D eigenvalue weighted by atomic mass is 16.2. The Hall–Kier alpha value is -1.39. The summed E-state index contributed by atoms with van der Waals surface area (Å²) in [7, 11) is 2.00. The van der Waals surface area contributed by atoms with E-state index in [9.17, 15) is 4.79 Å². The second kappa shape index (κ2) is 6.17. The van der Waals surface area contributed by atoms with Gasteiger partial charge in [0.25, 0.3) is 0 Å². The minimum atomic E-state index is -0.0649. The van der Waals surface area contributed by atoms with Gasteiger partial charge >= 0.3 is 0 Å². The fourth-order valence-electron chi connectivity index (χ4n) is 2.71. The van der Waals surface area contributed by atoms with Gasteiger partial charge in [-0.1, -0.05) is 30.3 Å². The van der Waals surface area contributed by atoms with Gasteiger partial charge in [0.2, 0.25) is 5.91 Å². The lowest BCUT2D eigenvalue weighted by Crippen LogP contribution is -2.56. The third-order valence-corrected chi connectivity index (χ3v) is 3.98. The van der Waals surface area contributed by atoms with Crippen molar-refractivity contribution in [3.63, 3.8) is 0 Å². The van der Waals surface area contributed by atoms with Crippen molar-refractivity contribution in [1.29, 1.82) is 0 Å². The van der Waals surface area contributed by atoms with Crippen molar-refractivity contribution >= 4 is 5.91 Å². The van der Waals surface area contributed by atoms with Gasteiger partial charge in [0.15, 0.2) is 0 Å². The molecule has 2 rings (SSSR count). The molecule has 1 fully saturated rings. The van der Waals surface area contributed by atoms with Gasteiger partial charge in [-0.25, -0.2) is 0 Å². The molecule has 104 valence electrons. The third kappa shape index (κ3) is 2.96. The molecule has 0 radical (unpaired) electrons. The molecule has 2 unspecified atom stereocenters. The van der Waals surface area contributed by atoms with Crippen molar-refractivity contribution < 1.29 is 4.79 Å². The van der Waals surface area contributed by atoms with Crippen LogP contribution in [0.2, 0.25) is 0 Å². The fraction of sp³-hybridized carbons (Fsp3) is 0.533. The summed E-state index contributed by atoms with van der Waals surface area (Å²) in [6.07, 6.45) is 0.730. The number of likely N-dealkylation sites (N-methyl/N-ethyl adjacent to an activating group) is 1. The molecule has 4 nitrogen and oxygen atoms in total. The first-order valence-electron chi connectivity index (χ1n) is 6.91. The Morgan fingerprint density at radius 2 is 2.00 bits per heavy atom. The number of hydrogen-bond donors (Lipinski definition) is 1. The number of benzene rings is 1. The molecule has 2 atom stereocenters. The molecule has 0 spiro atoms. The summed E-state index contributed by atoms with van der Waals surface area (Å²) in [5.74, 6) is 0.204. The van der Waals surface area contributed by atoms with Crippen LogP contribution >= 0.6 is 0 Å². The van der Waals surface area contributed by atoms with Crippen LogP contribution in [0.1, 0.15) is 24.9 Å². The second-order valence-corrected chi connectivity index (χ2v) is 5.19. The van der Waals surface area contributed by atoms with Crippen LogP contribution in [-0.4, -0.2) is 48.4 Å². The first-order chi connectivity index (χ1) is 9.15. The molecule has 2 N–H and O–H groups in total. The highest BCUT2D eigenvalue weighted by Crippen LogP contribution is 2.24. The Morgan fingerprint density at radius 1 is 1.32 bits per heavy atom. The second-order valence-electron chi connectivity index (χ2n) is 5.19. The van der Waals surface area contributed by atoms with Crippen molar-refractivity contribution in [2.45, 2.75) is 25.4 Å². The molecule has 1 heterocycles. The molecule has 0 aromatic heterocycles. The van der Waals surface area contributed by atoms with Gasteiger partial charge in [0, 0.05) is 13.1 Å².